The molecule has 0 aromatic carbocycles. The normalized spacial score (nSPS) is 17.4. The minimum Gasteiger partial charge on any atom is -0.376 e. The van der Waals surface area contributed by atoms with Crippen LogP contribution in [0.5, 0.6) is 0 Å². The van der Waals surface area contributed by atoms with Crippen LogP contribution in [0.25, 0.3) is 0 Å². The Morgan fingerprint density at radius 1 is 1.44 bits per heavy atom. The van der Waals surface area contributed by atoms with Gasteiger partial charge in [-0.1, -0.05) is 32.6 Å². The molecule has 0 spiro atoms. The number of hydrogen-bond donors (Lipinski definition) is 2. The summed E-state index contributed by atoms with van der Waals surface area (Å²) in [7, 11) is 0. The zero-order valence-corrected chi connectivity index (χ0v) is 11.4. The van der Waals surface area contributed by atoms with E-state index in [0.29, 0.717) is 19.3 Å². The highest BCUT2D eigenvalue weighted by Gasteiger charge is 2.15. The van der Waals surface area contributed by atoms with E-state index in [-0.39, 0.29) is 18.0 Å². The Hall–Kier alpha value is -1.21. The lowest BCUT2D eigenvalue weighted by molar-refractivity contribution is 0.0613. The molecule has 2 amide bonds. The predicted molar refractivity (Wildman–Crippen MR) is 72.2 cm³/mol. The van der Waals surface area contributed by atoms with E-state index in [4.69, 9.17) is 11.2 Å². The Morgan fingerprint density at radius 2 is 2.11 bits per heavy atom. The standard InChI is InChI=1S/C14H24N2O2/c1-4-13(11(2)3)16-14(17)15-9-10-18-12-7-5-6-8-12/h1,11-13H,5-10H2,2-3H3,(H2,15,16,17). The van der Waals surface area contributed by atoms with Crippen molar-refractivity contribution in [1.29, 1.82) is 0 Å². The highest BCUT2D eigenvalue weighted by Crippen LogP contribution is 2.20. The van der Waals surface area contributed by atoms with Gasteiger partial charge in [-0.2, -0.15) is 0 Å². The van der Waals surface area contributed by atoms with Crippen molar-refractivity contribution in [3.05, 3.63) is 0 Å². The van der Waals surface area contributed by atoms with Gasteiger partial charge in [0, 0.05) is 6.54 Å². The first-order chi connectivity index (χ1) is 8.63. The second-order valence-electron chi connectivity index (χ2n) is 5.07. The maximum Gasteiger partial charge on any atom is 0.315 e. The monoisotopic (exact) mass is 252 g/mol. The molecule has 1 atom stereocenters. The quantitative estimate of drug-likeness (QED) is 0.560. The van der Waals surface area contributed by atoms with Gasteiger partial charge in [-0.15, -0.1) is 6.42 Å². The van der Waals surface area contributed by atoms with Crippen molar-refractivity contribution < 1.29 is 9.53 Å². The second-order valence-corrected chi connectivity index (χ2v) is 5.07. The van der Waals surface area contributed by atoms with Crippen LogP contribution in [0.4, 0.5) is 4.79 Å². The molecule has 0 radical (unpaired) electrons. The van der Waals surface area contributed by atoms with Crippen molar-refractivity contribution in [3.8, 4) is 12.3 Å². The van der Waals surface area contributed by atoms with Gasteiger partial charge in [0.15, 0.2) is 0 Å². The van der Waals surface area contributed by atoms with Crippen molar-refractivity contribution >= 4 is 6.03 Å². The molecular weight excluding hydrogens is 228 g/mol. The summed E-state index contributed by atoms with van der Waals surface area (Å²) in [5.41, 5.74) is 0. The van der Waals surface area contributed by atoms with E-state index in [2.05, 4.69) is 16.6 Å². The molecule has 1 aliphatic carbocycles. The lowest BCUT2D eigenvalue weighted by Crippen LogP contribution is -2.44. The highest BCUT2D eigenvalue weighted by molar-refractivity contribution is 5.74. The van der Waals surface area contributed by atoms with Gasteiger partial charge in [0.25, 0.3) is 0 Å². The van der Waals surface area contributed by atoms with Crippen LogP contribution in [-0.4, -0.2) is 31.3 Å². The van der Waals surface area contributed by atoms with Gasteiger partial charge in [0.2, 0.25) is 0 Å². The summed E-state index contributed by atoms with van der Waals surface area (Å²) in [5.74, 6) is 2.80. The largest absolute Gasteiger partial charge is 0.376 e. The van der Waals surface area contributed by atoms with Crippen LogP contribution in [0.2, 0.25) is 0 Å². The number of hydrogen-bond acceptors (Lipinski definition) is 2. The van der Waals surface area contributed by atoms with Gasteiger partial charge in [0.1, 0.15) is 0 Å². The Kier molecular flexibility index (Phi) is 6.59. The summed E-state index contributed by atoms with van der Waals surface area (Å²) < 4.78 is 5.65. The summed E-state index contributed by atoms with van der Waals surface area (Å²) in [5, 5.41) is 5.51. The molecule has 0 heterocycles. The van der Waals surface area contributed by atoms with Crippen molar-refractivity contribution in [2.45, 2.75) is 51.7 Å². The van der Waals surface area contributed by atoms with Gasteiger partial charge >= 0.3 is 6.03 Å². The van der Waals surface area contributed by atoms with Crippen molar-refractivity contribution in [3.63, 3.8) is 0 Å². The summed E-state index contributed by atoms with van der Waals surface area (Å²) in [4.78, 5) is 11.5. The number of terminal acetylenes is 1. The first-order valence-electron chi connectivity index (χ1n) is 6.75. The lowest BCUT2D eigenvalue weighted by atomic mass is 10.1. The van der Waals surface area contributed by atoms with Crippen LogP contribution in [0.15, 0.2) is 0 Å². The number of carbonyl (C=O) groups excluding carboxylic acids is 1. The molecule has 0 aromatic heterocycles. The van der Waals surface area contributed by atoms with E-state index in [0.717, 1.165) is 12.8 Å². The van der Waals surface area contributed by atoms with E-state index in [9.17, 15) is 4.79 Å². The fourth-order valence-corrected chi connectivity index (χ4v) is 2.04. The first-order valence-corrected chi connectivity index (χ1v) is 6.75. The van der Waals surface area contributed by atoms with Crippen LogP contribution in [0.1, 0.15) is 39.5 Å². The van der Waals surface area contributed by atoms with Gasteiger partial charge in [-0.25, -0.2) is 4.79 Å². The zero-order chi connectivity index (χ0) is 13.4. The smallest absolute Gasteiger partial charge is 0.315 e. The fourth-order valence-electron chi connectivity index (χ4n) is 2.04. The molecule has 0 aromatic rings. The molecule has 1 saturated carbocycles. The third-order valence-corrected chi connectivity index (χ3v) is 3.18. The first kappa shape index (κ1) is 14.8. The third kappa shape index (κ3) is 5.42. The van der Waals surface area contributed by atoms with Crippen LogP contribution >= 0.6 is 0 Å². The molecule has 0 aliphatic heterocycles. The Bertz CT molecular complexity index is 291. The number of urea groups is 1. The van der Waals surface area contributed by atoms with Gasteiger partial charge < -0.3 is 15.4 Å². The Labute approximate surface area is 110 Å². The molecule has 1 aliphatic rings. The molecule has 0 saturated heterocycles. The average molecular weight is 252 g/mol. The second kappa shape index (κ2) is 7.99. The fraction of sp³-hybridized carbons (Fsp3) is 0.786. The Morgan fingerprint density at radius 3 is 2.67 bits per heavy atom. The maximum atomic E-state index is 11.5. The topological polar surface area (TPSA) is 50.4 Å². The molecule has 102 valence electrons. The molecule has 4 nitrogen and oxygen atoms in total. The van der Waals surface area contributed by atoms with Gasteiger partial charge in [-0.3, -0.25) is 0 Å². The number of nitrogens with one attached hydrogen (secondary N) is 2. The third-order valence-electron chi connectivity index (χ3n) is 3.18. The molecule has 4 heteroatoms. The predicted octanol–water partition coefficient (Wildman–Crippen LogP) is 1.90. The van der Waals surface area contributed by atoms with Crippen LogP contribution < -0.4 is 10.6 Å². The van der Waals surface area contributed by atoms with E-state index in [1.54, 1.807) is 0 Å². The summed E-state index contributed by atoms with van der Waals surface area (Å²) >= 11 is 0. The molecule has 18 heavy (non-hydrogen) atoms. The molecule has 2 N–H and O–H groups in total. The van der Waals surface area contributed by atoms with Crippen molar-refractivity contribution in [1.82, 2.24) is 10.6 Å². The summed E-state index contributed by atoms with van der Waals surface area (Å²) in [6, 6.07) is -0.442. The SMILES string of the molecule is C#CC(NC(=O)NCCOC1CCCC1)C(C)C. The highest BCUT2D eigenvalue weighted by atomic mass is 16.5. The molecule has 0 bridgehead atoms. The zero-order valence-electron chi connectivity index (χ0n) is 11.4. The minimum atomic E-state index is -0.222. The molecule has 1 rings (SSSR count). The molecule has 1 fully saturated rings. The number of amides is 2. The molecular formula is C14H24N2O2. The van der Waals surface area contributed by atoms with Crippen molar-refractivity contribution in [2.24, 2.45) is 5.92 Å². The molecule has 1 unspecified atom stereocenters. The van der Waals surface area contributed by atoms with E-state index in [1.807, 2.05) is 13.8 Å². The van der Waals surface area contributed by atoms with Crippen LogP contribution in [-0.2, 0) is 4.74 Å². The van der Waals surface area contributed by atoms with E-state index >= 15 is 0 Å². The summed E-state index contributed by atoms with van der Waals surface area (Å²) in [6.45, 7) is 5.06. The van der Waals surface area contributed by atoms with Crippen LogP contribution in [0.3, 0.4) is 0 Å². The van der Waals surface area contributed by atoms with E-state index in [1.165, 1.54) is 12.8 Å². The van der Waals surface area contributed by atoms with E-state index < -0.39 is 0 Å². The Balaban J connectivity index is 2.07. The maximum absolute atomic E-state index is 11.5. The average Bonchev–Trinajstić information content (AvgIpc) is 2.84. The number of rotatable bonds is 6. The number of carbonyl (C=O) groups is 1. The minimum absolute atomic E-state index is 0.221. The van der Waals surface area contributed by atoms with Gasteiger partial charge in [-0.05, 0) is 18.8 Å². The lowest BCUT2D eigenvalue weighted by Gasteiger charge is -2.17. The summed E-state index contributed by atoms with van der Waals surface area (Å²) in [6.07, 6.45) is 10.6. The van der Waals surface area contributed by atoms with Crippen molar-refractivity contribution in [2.75, 3.05) is 13.2 Å². The van der Waals surface area contributed by atoms with Gasteiger partial charge in [0.05, 0.1) is 18.8 Å². The number of ether oxygens (including phenoxy) is 1. The van der Waals surface area contributed by atoms with Crippen LogP contribution in [0, 0.1) is 18.3 Å².